The van der Waals surface area contributed by atoms with Crippen molar-refractivity contribution in [2.45, 2.75) is 337 Å². The molecule has 0 saturated heterocycles. The molecular formula is C84H144N4O8Si4. The molecule has 0 aliphatic carbocycles. The minimum Gasteiger partial charge on any atom is -0.543 e. The van der Waals surface area contributed by atoms with Crippen LogP contribution in [0.25, 0.3) is 0 Å². The highest BCUT2D eigenvalue weighted by atomic mass is 28.4. The topological polar surface area (TPSA) is 167 Å². The molecule has 564 valence electrons. The van der Waals surface area contributed by atoms with Gasteiger partial charge >= 0.3 is 0 Å². The normalized spacial score (nSPS) is 13.8. The Bertz CT molecular complexity index is 2870. The molecule has 16 heteroatoms. The number of nitrogens with zero attached hydrogens (tertiary/aromatic N) is 4. The Morgan fingerprint density at radius 2 is 0.390 bits per heavy atom. The van der Waals surface area contributed by atoms with Crippen LogP contribution in [0.5, 0.6) is 46.0 Å². The molecule has 0 atom stereocenters. The van der Waals surface area contributed by atoms with E-state index in [2.05, 4.69) is 269 Å². The summed E-state index contributed by atoms with van der Waals surface area (Å²) in [5.41, 5.74) is 10.1. The average Bonchev–Trinajstić information content (AvgIpc) is 0.789. The van der Waals surface area contributed by atoms with Crippen LogP contribution in [0.15, 0.2) is 68.5 Å². The number of aromatic hydroxyl groups is 4. The zero-order valence-electron chi connectivity index (χ0n) is 69.9. The SMILES string of the molecule is CC(C)[Si](Oc1cc(C=NCCN=Cc2cc(O[Si](C(C)C)(C(C)C)C(C)C)cc(C(C)(C)C)c2O)c(O)c(C(C)(C)C)c1)(C(C)C)C(C)C.CC(C)[Si](Oc1cc(C=NCCN=Cc2cc(O[Si](C(C)C)(C(C)C)C(C)C)cc(C(C)(C)C)c2O)c(O)c(C(C)(C)C)c1)(C(C)C)C(C)C. The number of rotatable bonds is 30. The smallest absolute Gasteiger partial charge is 0.258 e. The highest BCUT2D eigenvalue weighted by Gasteiger charge is 2.51. The van der Waals surface area contributed by atoms with E-state index in [-0.39, 0.29) is 44.7 Å². The van der Waals surface area contributed by atoms with Crippen molar-refractivity contribution >= 4 is 58.1 Å². The van der Waals surface area contributed by atoms with E-state index in [1.54, 1.807) is 24.9 Å². The monoisotopic (exact) mass is 1450 g/mol. The zero-order valence-corrected chi connectivity index (χ0v) is 73.9. The van der Waals surface area contributed by atoms with Gasteiger partial charge in [-0.25, -0.2) is 0 Å². The number of phenols is 4. The number of phenolic OH excluding ortho intramolecular Hbond substituents is 4. The van der Waals surface area contributed by atoms with Crippen molar-refractivity contribution < 1.29 is 38.1 Å². The van der Waals surface area contributed by atoms with Gasteiger partial charge in [0, 0.05) is 69.4 Å². The maximum atomic E-state index is 11.4. The molecule has 4 rings (SSSR count). The van der Waals surface area contributed by atoms with Crippen molar-refractivity contribution in [3.8, 4) is 46.0 Å². The Morgan fingerprint density at radius 3 is 0.500 bits per heavy atom. The van der Waals surface area contributed by atoms with Gasteiger partial charge in [0.05, 0.1) is 26.2 Å². The summed E-state index contributed by atoms with van der Waals surface area (Å²) in [5, 5.41) is 45.4. The number of hydrogen-bond donors (Lipinski definition) is 4. The summed E-state index contributed by atoms with van der Waals surface area (Å²) in [6.07, 6.45) is 6.98. The highest BCUT2D eigenvalue weighted by Crippen LogP contribution is 2.50. The van der Waals surface area contributed by atoms with Crippen LogP contribution in [0.2, 0.25) is 66.5 Å². The van der Waals surface area contributed by atoms with Gasteiger partial charge in [0.15, 0.2) is 0 Å². The lowest BCUT2D eigenvalue weighted by Gasteiger charge is -2.42. The fourth-order valence-electron chi connectivity index (χ4n) is 16.5. The second-order valence-corrected chi connectivity index (χ2v) is 58.0. The van der Waals surface area contributed by atoms with Crippen molar-refractivity contribution in [1.82, 2.24) is 0 Å². The molecule has 0 bridgehead atoms. The van der Waals surface area contributed by atoms with Gasteiger partial charge in [-0.2, -0.15) is 0 Å². The van der Waals surface area contributed by atoms with Crippen LogP contribution >= 0.6 is 0 Å². The standard InChI is InChI=1S/2C42H72N2O4Si2/c2*1-27(2)49(28(3)4,29(5)6)47-35-21-33(39(45)37(23-35)41(13,14)15)25-43-19-20-44-26-34-22-36(24-38(40(34)46)42(16,17)18)48-50(30(7)8,31(9)10)32(11)12/h2*21-32,45-46H,19-20H2,1-18H3. The Hall–Kier alpha value is -5.17. The van der Waals surface area contributed by atoms with Crippen LogP contribution in [0.3, 0.4) is 0 Å². The molecule has 0 unspecified atom stereocenters. The molecule has 0 heterocycles. The summed E-state index contributed by atoms with van der Waals surface area (Å²) in [6.45, 7) is 81.8. The second kappa shape index (κ2) is 35.5. The third kappa shape index (κ3) is 21.1. The van der Waals surface area contributed by atoms with Gasteiger partial charge in [-0.05, 0) is 137 Å². The first-order valence-corrected chi connectivity index (χ1v) is 46.5. The van der Waals surface area contributed by atoms with Gasteiger partial charge in [0.2, 0.25) is 0 Å². The van der Waals surface area contributed by atoms with Crippen molar-refractivity contribution in [1.29, 1.82) is 0 Å². The van der Waals surface area contributed by atoms with Gasteiger partial charge in [0.1, 0.15) is 46.0 Å². The van der Waals surface area contributed by atoms with Crippen LogP contribution in [0.4, 0.5) is 0 Å². The fraction of sp³-hybridized carbons (Fsp3) is 0.667. The molecular weight excluding hydrogens is 1310 g/mol. The summed E-state index contributed by atoms with van der Waals surface area (Å²) in [7, 11) is -8.80. The highest BCUT2D eigenvalue weighted by molar-refractivity contribution is 6.79. The average molecular weight is 1450 g/mol. The molecule has 12 nitrogen and oxygen atoms in total. The van der Waals surface area contributed by atoms with E-state index in [1.165, 1.54) is 0 Å². The predicted octanol–water partition coefficient (Wildman–Crippen LogP) is 24.7. The van der Waals surface area contributed by atoms with E-state index in [4.69, 9.17) is 17.7 Å². The lowest BCUT2D eigenvalue weighted by Crippen LogP contribution is -2.50. The molecule has 0 radical (unpaired) electrons. The summed E-state index contributed by atoms with van der Waals surface area (Å²) >= 11 is 0. The van der Waals surface area contributed by atoms with E-state index >= 15 is 0 Å². The largest absolute Gasteiger partial charge is 0.543 e. The van der Waals surface area contributed by atoms with E-state index in [9.17, 15) is 20.4 Å². The van der Waals surface area contributed by atoms with Crippen LogP contribution in [-0.2, 0) is 21.7 Å². The van der Waals surface area contributed by atoms with E-state index in [0.717, 1.165) is 45.3 Å². The molecule has 0 fully saturated rings. The summed E-state index contributed by atoms with van der Waals surface area (Å²) in [6, 6.07) is 15.9. The first kappa shape index (κ1) is 89.0. The quantitative estimate of drug-likeness (QED) is 0.0227. The molecule has 0 amide bonds. The van der Waals surface area contributed by atoms with E-state index in [0.29, 0.717) is 115 Å². The number of aliphatic imine (C=N–C) groups is 4. The molecule has 4 aromatic carbocycles. The first-order valence-electron chi connectivity index (χ1n) is 37.9. The molecule has 100 heavy (non-hydrogen) atoms. The Morgan fingerprint density at radius 1 is 0.260 bits per heavy atom. The van der Waals surface area contributed by atoms with Gasteiger partial charge in [-0.3, -0.25) is 20.0 Å². The van der Waals surface area contributed by atoms with Crippen molar-refractivity contribution in [3.05, 3.63) is 93.0 Å². The Kier molecular flexibility index (Phi) is 31.6. The third-order valence-corrected chi connectivity index (χ3v) is 45.3. The Labute approximate surface area is 615 Å². The molecule has 4 aromatic rings. The van der Waals surface area contributed by atoms with Gasteiger partial charge in [-0.15, -0.1) is 0 Å². The molecule has 0 aromatic heterocycles. The molecule has 0 spiro atoms. The lowest BCUT2D eigenvalue weighted by atomic mass is 9.85. The fourth-order valence-corrected chi connectivity index (χ4v) is 37.5. The third-order valence-electron chi connectivity index (χ3n) is 21.3. The van der Waals surface area contributed by atoms with Crippen LogP contribution in [-0.4, -0.2) is 105 Å². The number of benzene rings is 4. The van der Waals surface area contributed by atoms with Crippen molar-refractivity contribution in [2.75, 3.05) is 26.2 Å². The summed E-state index contributed by atoms with van der Waals surface area (Å²) in [4.78, 5) is 18.7. The maximum Gasteiger partial charge on any atom is 0.258 e. The Balaban J connectivity index is 0.000000520. The van der Waals surface area contributed by atoms with Crippen molar-refractivity contribution in [3.63, 3.8) is 0 Å². The lowest BCUT2D eigenvalue weighted by molar-refractivity contribution is 0.437. The van der Waals surface area contributed by atoms with E-state index in [1.807, 2.05) is 48.5 Å². The second-order valence-electron chi connectivity index (χ2n) is 36.5. The number of hydrogen-bond acceptors (Lipinski definition) is 12. The van der Waals surface area contributed by atoms with Gasteiger partial charge < -0.3 is 38.1 Å². The minimum atomic E-state index is -2.20. The molecule has 0 saturated carbocycles. The predicted molar refractivity (Wildman–Crippen MR) is 444 cm³/mol. The van der Waals surface area contributed by atoms with Crippen LogP contribution in [0.1, 0.15) is 294 Å². The molecule has 0 aliphatic heterocycles. The zero-order chi connectivity index (χ0) is 77.1. The first-order chi connectivity index (χ1) is 45.7. The summed E-state index contributed by atoms with van der Waals surface area (Å²) in [5.74, 6) is 4.18. The van der Waals surface area contributed by atoms with Gasteiger partial charge in [0.25, 0.3) is 33.3 Å². The van der Waals surface area contributed by atoms with E-state index < -0.39 is 33.3 Å². The van der Waals surface area contributed by atoms with Crippen molar-refractivity contribution in [2.24, 2.45) is 20.0 Å². The maximum absolute atomic E-state index is 11.4. The molecule has 0 aliphatic rings. The van der Waals surface area contributed by atoms with Crippen LogP contribution < -0.4 is 17.7 Å². The van der Waals surface area contributed by atoms with Gasteiger partial charge in [-0.1, -0.05) is 249 Å². The molecule has 4 N–H and O–H groups in total. The minimum absolute atomic E-state index is 0.239. The van der Waals surface area contributed by atoms with Crippen LogP contribution in [0, 0.1) is 0 Å². The summed E-state index contributed by atoms with van der Waals surface area (Å²) < 4.78 is 28.2.